The van der Waals surface area contributed by atoms with Gasteiger partial charge in [-0.3, -0.25) is 0 Å². The first-order valence-corrected chi connectivity index (χ1v) is 10.4. The van der Waals surface area contributed by atoms with Gasteiger partial charge in [-0.1, -0.05) is 82.7 Å². The highest BCUT2D eigenvalue weighted by atomic mass is 32.2. The number of benzene rings is 1. The molecule has 28 heavy (non-hydrogen) atoms. The average Bonchev–Trinajstić information content (AvgIpc) is 3.22. The molecule has 150 valence electrons. The summed E-state index contributed by atoms with van der Waals surface area (Å²) in [6.45, 7) is 14.9. The maximum Gasteiger partial charge on any atom is 0.239 e. The lowest BCUT2D eigenvalue weighted by Gasteiger charge is -2.19. The van der Waals surface area contributed by atoms with Gasteiger partial charge in [0.1, 0.15) is 0 Å². The molecule has 6 nitrogen and oxygen atoms in total. The molecule has 0 spiro atoms. The molecule has 1 aromatic carbocycles. The Morgan fingerprint density at radius 2 is 1.61 bits per heavy atom. The molecule has 0 radical (unpaired) electrons. The quantitative estimate of drug-likeness (QED) is 0.554. The van der Waals surface area contributed by atoms with Crippen LogP contribution in [0.25, 0.3) is 11.4 Å². The Bertz CT molecular complexity index is 945. The van der Waals surface area contributed by atoms with Gasteiger partial charge in [0.05, 0.1) is 5.25 Å². The van der Waals surface area contributed by atoms with E-state index in [9.17, 15) is 0 Å². The predicted octanol–water partition coefficient (Wildman–Crippen LogP) is 5.31. The summed E-state index contributed by atoms with van der Waals surface area (Å²) < 4.78 is 7.47. The molecule has 0 saturated heterocycles. The zero-order valence-corrected chi connectivity index (χ0v) is 18.8. The molecule has 3 rings (SSSR count). The van der Waals surface area contributed by atoms with E-state index in [1.807, 2.05) is 18.5 Å². The molecule has 2 aromatic heterocycles. The standard InChI is InChI=1S/C21H29N5OS/c1-13(17-22-18(25-27-17)21(5,6)7)28-19-24-23-16(26(19)8)14-9-11-15(12-10-14)20(2,3)4/h9-13H,1-8H3/t13-/m1/s1. The fraction of sp³-hybridized carbons (Fsp3) is 0.524. The van der Waals surface area contributed by atoms with Gasteiger partial charge in [0.25, 0.3) is 0 Å². The molecular weight excluding hydrogens is 370 g/mol. The first-order chi connectivity index (χ1) is 13.0. The van der Waals surface area contributed by atoms with Gasteiger partial charge >= 0.3 is 0 Å². The summed E-state index contributed by atoms with van der Waals surface area (Å²) in [5, 5.41) is 13.7. The summed E-state index contributed by atoms with van der Waals surface area (Å²) in [5.74, 6) is 2.16. The van der Waals surface area contributed by atoms with E-state index in [0.717, 1.165) is 16.5 Å². The second-order valence-corrected chi connectivity index (χ2v) is 10.5. The number of hydrogen-bond donors (Lipinski definition) is 0. The zero-order valence-electron chi connectivity index (χ0n) is 17.9. The summed E-state index contributed by atoms with van der Waals surface area (Å²) in [7, 11) is 1.98. The van der Waals surface area contributed by atoms with E-state index >= 15 is 0 Å². The Hall–Kier alpha value is -2.15. The molecule has 0 aliphatic heterocycles. The molecule has 0 bridgehead atoms. The average molecular weight is 400 g/mol. The van der Waals surface area contributed by atoms with Crippen molar-refractivity contribution in [2.75, 3.05) is 0 Å². The van der Waals surface area contributed by atoms with Gasteiger partial charge in [0, 0.05) is 18.0 Å². The zero-order chi connectivity index (χ0) is 20.7. The highest BCUT2D eigenvalue weighted by Crippen LogP contribution is 2.35. The number of aromatic nitrogens is 5. The second kappa shape index (κ2) is 7.35. The minimum Gasteiger partial charge on any atom is -0.338 e. The van der Waals surface area contributed by atoms with E-state index in [2.05, 4.69) is 86.1 Å². The van der Waals surface area contributed by atoms with Crippen molar-refractivity contribution in [2.45, 2.75) is 69.7 Å². The largest absolute Gasteiger partial charge is 0.338 e. The van der Waals surface area contributed by atoms with E-state index < -0.39 is 0 Å². The Balaban J connectivity index is 1.78. The molecule has 0 aliphatic rings. The lowest BCUT2D eigenvalue weighted by molar-refractivity contribution is 0.364. The van der Waals surface area contributed by atoms with Gasteiger partial charge in [-0.25, -0.2) is 0 Å². The van der Waals surface area contributed by atoms with Crippen LogP contribution in [0, 0.1) is 0 Å². The molecule has 0 N–H and O–H groups in total. The van der Waals surface area contributed by atoms with E-state index in [1.165, 1.54) is 5.56 Å². The number of nitrogens with zero attached hydrogens (tertiary/aromatic N) is 5. The molecule has 7 heteroatoms. The smallest absolute Gasteiger partial charge is 0.239 e. The summed E-state index contributed by atoms with van der Waals surface area (Å²) >= 11 is 1.56. The Morgan fingerprint density at radius 3 is 2.14 bits per heavy atom. The summed E-state index contributed by atoms with van der Waals surface area (Å²) in [4.78, 5) is 4.55. The van der Waals surface area contributed by atoms with Crippen LogP contribution in [0.4, 0.5) is 0 Å². The highest BCUT2D eigenvalue weighted by molar-refractivity contribution is 7.99. The van der Waals surface area contributed by atoms with Gasteiger partial charge in [0.2, 0.25) is 5.89 Å². The van der Waals surface area contributed by atoms with E-state index in [-0.39, 0.29) is 16.1 Å². The topological polar surface area (TPSA) is 69.6 Å². The van der Waals surface area contributed by atoms with Gasteiger partial charge in [-0.2, -0.15) is 4.98 Å². The molecule has 0 fully saturated rings. The van der Waals surface area contributed by atoms with Gasteiger partial charge in [0.15, 0.2) is 16.8 Å². The molecular formula is C21H29N5OS. The minimum atomic E-state index is -0.136. The summed E-state index contributed by atoms with van der Waals surface area (Å²) in [6.07, 6.45) is 0. The molecule has 1 atom stereocenters. The molecule has 0 amide bonds. The van der Waals surface area contributed by atoms with Crippen LogP contribution in [0.1, 0.15) is 71.0 Å². The van der Waals surface area contributed by atoms with Crippen LogP contribution in [0.2, 0.25) is 0 Å². The fourth-order valence-corrected chi connectivity index (χ4v) is 3.55. The Kier molecular flexibility index (Phi) is 5.40. The molecule has 0 unspecified atom stereocenters. The van der Waals surface area contributed by atoms with E-state index in [4.69, 9.17) is 4.52 Å². The van der Waals surface area contributed by atoms with Crippen molar-refractivity contribution >= 4 is 11.8 Å². The van der Waals surface area contributed by atoms with Crippen molar-refractivity contribution < 1.29 is 4.52 Å². The van der Waals surface area contributed by atoms with Crippen molar-refractivity contribution in [1.82, 2.24) is 24.9 Å². The fourth-order valence-electron chi connectivity index (χ4n) is 2.70. The SMILES string of the molecule is C[C@@H](Sc1nnc(-c2ccc(C(C)(C)C)cc2)n1C)c1nc(C(C)(C)C)no1. The van der Waals surface area contributed by atoms with E-state index in [1.54, 1.807) is 11.8 Å². The van der Waals surface area contributed by atoms with E-state index in [0.29, 0.717) is 11.7 Å². The molecule has 2 heterocycles. The number of thioether (sulfide) groups is 1. The number of hydrogen-bond acceptors (Lipinski definition) is 6. The second-order valence-electron chi connectivity index (χ2n) is 9.16. The monoisotopic (exact) mass is 399 g/mol. The van der Waals surface area contributed by atoms with Crippen LogP contribution in [0.5, 0.6) is 0 Å². The first-order valence-electron chi connectivity index (χ1n) is 9.48. The van der Waals surface area contributed by atoms with Crippen LogP contribution in [-0.2, 0) is 17.9 Å². The maximum absolute atomic E-state index is 5.46. The van der Waals surface area contributed by atoms with Crippen LogP contribution in [0.3, 0.4) is 0 Å². The van der Waals surface area contributed by atoms with Gasteiger partial charge < -0.3 is 9.09 Å². The lowest BCUT2D eigenvalue weighted by Crippen LogP contribution is -2.13. The van der Waals surface area contributed by atoms with Crippen LogP contribution in [0.15, 0.2) is 33.9 Å². The lowest BCUT2D eigenvalue weighted by atomic mass is 9.87. The highest BCUT2D eigenvalue weighted by Gasteiger charge is 2.25. The summed E-state index contributed by atoms with van der Waals surface area (Å²) in [6, 6.07) is 8.53. The third-order valence-electron chi connectivity index (χ3n) is 4.59. The van der Waals surface area contributed by atoms with Gasteiger partial charge in [-0.15, -0.1) is 10.2 Å². The minimum absolute atomic E-state index is 0.0115. The van der Waals surface area contributed by atoms with Crippen molar-refractivity contribution in [3.05, 3.63) is 41.5 Å². The molecule has 0 saturated carbocycles. The Morgan fingerprint density at radius 1 is 0.964 bits per heavy atom. The van der Waals surface area contributed by atoms with Crippen molar-refractivity contribution in [2.24, 2.45) is 7.05 Å². The van der Waals surface area contributed by atoms with Crippen molar-refractivity contribution in [3.8, 4) is 11.4 Å². The summed E-state index contributed by atoms with van der Waals surface area (Å²) in [5.41, 5.74) is 2.34. The third-order valence-corrected chi connectivity index (χ3v) is 5.71. The van der Waals surface area contributed by atoms with Crippen molar-refractivity contribution in [1.29, 1.82) is 0 Å². The van der Waals surface area contributed by atoms with Crippen LogP contribution < -0.4 is 0 Å². The maximum atomic E-state index is 5.46. The Labute approximate surface area is 171 Å². The first kappa shape index (κ1) is 20.6. The van der Waals surface area contributed by atoms with Crippen LogP contribution >= 0.6 is 11.8 Å². The molecule has 3 aromatic rings. The third kappa shape index (κ3) is 4.29. The number of rotatable bonds is 4. The van der Waals surface area contributed by atoms with Crippen LogP contribution in [-0.4, -0.2) is 24.9 Å². The normalized spacial score (nSPS) is 13.7. The molecule has 0 aliphatic carbocycles. The predicted molar refractivity (Wildman–Crippen MR) is 112 cm³/mol. The van der Waals surface area contributed by atoms with Crippen molar-refractivity contribution in [3.63, 3.8) is 0 Å². The van der Waals surface area contributed by atoms with Gasteiger partial charge in [-0.05, 0) is 17.9 Å².